The van der Waals surface area contributed by atoms with Gasteiger partial charge in [0.25, 0.3) is 5.91 Å². The van der Waals surface area contributed by atoms with Gasteiger partial charge < -0.3 is 10.1 Å². The number of anilines is 1. The molecule has 3 aromatic rings. The molecule has 1 amide bonds. The molecule has 0 fully saturated rings. The van der Waals surface area contributed by atoms with E-state index in [0.717, 1.165) is 21.8 Å². The molecule has 1 aromatic carbocycles. The van der Waals surface area contributed by atoms with Gasteiger partial charge in [0, 0.05) is 16.6 Å². The number of rotatable bonds is 6. The van der Waals surface area contributed by atoms with Gasteiger partial charge in [0.15, 0.2) is 16.5 Å². The Hall–Kier alpha value is -2.67. The van der Waals surface area contributed by atoms with E-state index in [0.29, 0.717) is 17.0 Å². The molecule has 0 saturated heterocycles. The first-order valence-electron chi connectivity index (χ1n) is 7.70. The lowest BCUT2D eigenvalue weighted by Gasteiger charge is -2.07. The molecule has 2 aromatic heterocycles. The van der Waals surface area contributed by atoms with E-state index in [4.69, 9.17) is 9.88 Å². The van der Waals surface area contributed by atoms with Crippen LogP contribution in [0.25, 0.3) is 11.3 Å². The monoisotopic (exact) mass is 438 g/mol. The molecule has 0 aliphatic rings. The predicted molar refractivity (Wildman–Crippen MR) is 105 cm³/mol. The Morgan fingerprint density at radius 1 is 1.29 bits per heavy atom. The van der Waals surface area contributed by atoms with E-state index in [1.54, 1.807) is 18.2 Å². The Labute approximate surface area is 168 Å². The van der Waals surface area contributed by atoms with Crippen molar-refractivity contribution in [2.45, 2.75) is 11.1 Å². The molecule has 0 aliphatic carbocycles. The summed E-state index contributed by atoms with van der Waals surface area (Å²) in [6.45, 7) is 1.29. The zero-order chi connectivity index (χ0) is 20.3. The summed E-state index contributed by atoms with van der Waals surface area (Å²) < 4.78 is 27.2. The molecule has 9 nitrogen and oxygen atoms in total. The van der Waals surface area contributed by atoms with Crippen LogP contribution >= 0.6 is 22.7 Å². The maximum Gasteiger partial charge on any atom is 0.359 e. The minimum atomic E-state index is -4.10. The van der Waals surface area contributed by atoms with E-state index >= 15 is 0 Å². The molecule has 146 valence electrons. The van der Waals surface area contributed by atoms with Crippen LogP contribution in [-0.4, -0.2) is 36.9 Å². The number of primary sulfonamides is 1. The lowest BCUT2D eigenvalue weighted by atomic mass is 10.1. The van der Waals surface area contributed by atoms with Crippen LogP contribution in [0.1, 0.15) is 15.5 Å². The number of aromatic nitrogens is 2. The van der Waals surface area contributed by atoms with E-state index in [2.05, 4.69) is 15.3 Å². The number of hydrogen-bond acceptors (Lipinski definition) is 9. The maximum atomic E-state index is 12.1. The maximum absolute atomic E-state index is 12.1. The Kier molecular flexibility index (Phi) is 5.84. The van der Waals surface area contributed by atoms with Gasteiger partial charge in [-0.15, -0.1) is 22.7 Å². The van der Waals surface area contributed by atoms with Crippen molar-refractivity contribution in [3.63, 3.8) is 0 Å². The van der Waals surface area contributed by atoms with Crippen molar-refractivity contribution >= 4 is 50.3 Å². The number of amides is 1. The highest BCUT2D eigenvalue weighted by molar-refractivity contribution is 7.91. The van der Waals surface area contributed by atoms with Crippen LogP contribution in [0.2, 0.25) is 0 Å². The smallest absolute Gasteiger partial charge is 0.359 e. The minimum absolute atomic E-state index is 0.413. The molecule has 0 saturated carbocycles. The summed E-state index contributed by atoms with van der Waals surface area (Å²) in [5, 5.41) is 10.5. The highest BCUT2D eigenvalue weighted by atomic mass is 32.2. The fourth-order valence-corrected chi connectivity index (χ4v) is 4.42. The molecule has 0 bridgehead atoms. The van der Waals surface area contributed by atoms with Gasteiger partial charge in [0.1, 0.15) is 0 Å². The van der Waals surface area contributed by atoms with Crippen molar-refractivity contribution in [2.24, 2.45) is 5.14 Å². The third kappa shape index (κ3) is 4.78. The van der Waals surface area contributed by atoms with Crippen LogP contribution in [0, 0.1) is 6.92 Å². The van der Waals surface area contributed by atoms with Gasteiger partial charge in [-0.3, -0.25) is 4.79 Å². The van der Waals surface area contributed by atoms with Crippen molar-refractivity contribution in [1.82, 2.24) is 9.97 Å². The number of sulfonamides is 1. The van der Waals surface area contributed by atoms with Crippen LogP contribution in [0.15, 0.2) is 39.4 Å². The summed E-state index contributed by atoms with van der Waals surface area (Å²) in [5.41, 5.74) is 2.84. The van der Waals surface area contributed by atoms with E-state index in [-0.39, 0.29) is 0 Å². The average molecular weight is 439 g/mol. The molecule has 28 heavy (non-hydrogen) atoms. The largest absolute Gasteiger partial charge is 0.451 e. The standard InChI is InChI=1S/C16H14N4O5S3/c1-9-19-12(7-26-9)10-3-2-4-11(5-10)20-13(21)6-25-15(22)14-16(27-8-18-14)28(17,23)24/h2-5,7-8H,6H2,1H3,(H,20,21)(H2,17,23,24). The number of ether oxygens (including phenoxy) is 1. The second-order valence-electron chi connectivity index (χ2n) is 5.49. The van der Waals surface area contributed by atoms with Gasteiger partial charge in [-0.05, 0) is 19.1 Å². The number of thiazole rings is 2. The molecule has 2 heterocycles. The quantitative estimate of drug-likeness (QED) is 0.561. The van der Waals surface area contributed by atoms with Crippen molar-refractivity contribution in [2.75, 3.05) is 11.9 Å². The van der Waals surface area contributed by atoms with E-state index < -0.39 is 38.4 Å². The molecule has 0 spiro atoms. The van der Waals surface area contributed by atoms with Gasteiger partial charge in [0.05, 0.1) is 16.2 Å². The van der Waals surface area contributed by atoms with E-state index in [1.165, 1.54) is 11.3 Å². The first-order valence-corrected chi connectivity index (χ1v) is 11.0. The number of aryl methyl sites for hydroxylation is 1. The van der Waals surface area contributed by atoms with E-state index in [9.17, 15) is 18.0 Å². The van der Waals surface area contributed by atoms with Crippen LogP contribution in [0.4, 0.5) is 5.69 Å². The lowest BCUT2D eigenvalue weighted by Crippen LogP contribution is -2.22. The molecule has 0 unspecified atom stereocenters. The Morgan fingerprint density at radius 3 is 2.75 bits per heavy atom. The lowest BCUT2D eigenvalue weighted by molar-refractivity contribution is -0.119. The third-order valence-electron chi connectivity index (χ3n) is 3.38. The number of nitrogens with zero attached hydrogens (tertiary/aromatic N) is 2. The average Bonchev–Trinajstić information content (AvgIpc) is 3.29. The molecule has 0 atom stereocenters. The number of carbonyl (C=O) groups excluding carboxylic acids is 2. The number of esters is 1. The number of benzene rings is 1. The summed E-state index contributed by atoms with van der Waals surface area (Å²) in [7, 11) is -4.10. The Morgan fingerprint density at radius 2 is 2.07 bits per heavy atom. The fraction of sp³-hybridized carbons (Fsp3) is 0.125. The SMILES string of the molecule is Cc1nc(-c2cccc(NC(=O)COC(=O)c3ncsc3S(N)(=O)=O)c2)cs1. The summed E-state index contributed by atoms with van der Waals surface area (Å²) in [6, 6.07) is 7.05. The summed E-state index contributed by atoms with van der Waals surface area (Å²) in [6.07, 6.45) is 0. The Balaban J connectivity index is 1.62. The molecular formula is C16H14N4O5S3. The zero-order valence-electron chi connectivity index (χ0n) is 14.4. The van der Waals surface area contributed by atoms with Crippen molar-refractivity contribution in [3.05, 3.63) is 45.9 Å². The van der Waals surface area contributed by atoms with Crippen molar-refractivity contribution < 1.29 is 22.7 Å². The highest BCUT2D eigenvalue weighted by Crippen LogP contribution is 2.24. The molecule has 3 N–H and O–H groups in total. The predicted octanol–water partition coefficient (Wildman–Crippen LogP) is 2.02. The number of nitrogens with one attached hydrogen (secondary N) is 1. The second-order valence-corrected chi connectivity index (χ2v) is 9.16. The minimum Gasteiger partial charge on any atom is -0.451 e. The first-order chi connectivity index (χ1) is 13.2. The van der Waals surface area contributed by atoms with Gasteiger partial charge in [-0.25, -0.2) is 28.3 Å². The summed E-state index contributed by atoms with van der Waals surface area (Å²) in [4.78, 5) is 32.1. The topological polar surface area (TPSA) is 141 Å². The van der Waals surface area contributed by atoms with Crippen molar-refractivity contribution in [1.29, 1.82) is 0 Å². The molecule has 0 radical (unpaired) electrons. The first kappa shape index (κ1) is 20.1. The number of hydrogen-bond donors (Lipinski definition) is 2. The highest BCUT2D eigenvalue weighted by Gasteiger charge is 2.24. The van der Waals surface area contributed by atoms with Crippen molar-refractivity contribution in [3.8, 4) is 11.3 Å². The summed E-state index contributed by atoms with van der Waals surface area (Å²) >= 11 is 2.21. The normalized spacial score (nSPS) is 11.2. The fourth-order valence-electron chi connectivity index (χ4n) is 2.22. The second kappa shape index (κ2) is 8.14. The van der Waals surface area contributed by atoms with Gasteiger partial charge >= 0.3 is 5.97 Å². The molecule has 12 heteroatoms. The Bertz CT molecular complexity index is 1140. The number of carbonyl (C=O) groups is 2. The molecular weight excluding hydrogens is 424 g/mol. The van der Waals surface area contributed by atoms with Crippen LogP contribution in [0.3, 0.4) is 0 Å². The van der Waals surface area contributed by atoms with Crippen LogP contribution in [-0.2, 0) is 19.6 Å². The van der Waals surface area contributed by atoms with E-state index in [1.807, 2.05) is 18.4 Å². The van der Waals surface area contributed by atoms with Crippen LogP contribution < -0.4 is 10.5 Å². The summed E-state index contributed by atoms with van der Waals surface area (Å²) in [5.74, 6) is -1.64. The van der Waals surface area contributed by atoms with Gasteiger partial charge in [0.2, 0.25) is 10.0 Å². The third-order valence-corrected chi connectivity index (χ3v) is 6.47. The van der Waals surface area contributed by atoms with Crippen LogP contribution in [0.5, 0.6) is 0 Å². The van der Waals surface area contributed by atoms with Gasteiger partial charge in [-0.2, -0.15) is 0 Å². The molecule has 3 rings (SSSR count). The molecule has 0 aliphatic heterocycles. The number of nitrogens with two attached hydrogens (primary N) is 1. The zero-order valence-corrected chi connectivity index (χ0v) is 16.9. The van der Waals surface area contributed by atoms with Gasteiger partial charge in [-0.1, -0.05) is 12.1 Å².